The first kappa shape index (κ1) is 15.1. The minimum atomic E-state index is -0.319. The van der Waals surface area contributed by atoms with Crippen molar-refractivity contribution < 1.29 is 19.3 Å². The summed E-state index contributed by atoms with van der Waals surface area (Å²) in [6.07, 6.45) is 0. The van der Waals surface area contributed by atoms with Crippen LogP contribution in [-0.2, 0) is 19.3 Å². The monoisotopic (exact) mass is 321 g/mol. The smallest absolute Gasteiger partial charge is 0.355 e. The number of benzene rings is 1. The van der Waals surface area contributed by atoms with Gasteiger partial charge in [0.2, 0.25) is 0 Å². The van der Waals surface area contributed by atoms with Gasteiger partial charge in [0.05, 0.1) is 7.11 Å². The predicted octanol–water partition coefficient (Wildman–Crippen LogP) is 2.69. The molecule has 22 heavy (non-hydrogen) atoms. The second kappa shape index (κ2) is 6.12. The van der Waals surface area contributed by atoms with Gasteiger partial charge in [0.1, 0.15) is 18.9 Å². The molecule has 0 aromatic heterocycles. The maximum absolute atomic E-state index is 11.9. The summed E-state index contributed by atoms with van der Waals surface area (Å²) in [6, 6.07) is 7.57. The standard InChI is InChI=1S/C16H16ClNO4/c1-9-12(8-22-20-2)14(10-3-5-11(17)6-4-10)13-7-21-16(19)15(13)18-9/h3-6,14,18H,7-8H2,1-2H3. The quantitative estimate of drug-likeness (QED) is 0.525. The third kappa shape index (κ3) is 2.63. The van der Waals surface area contributed by atoms with Crippen LogP contribution >= 0.6 is 11.6 Å². The third-order valence-electron chi connectivity index (χ3n) is 3.91. The zero-order valence-electron chi connectivity index (χ0n) is 12.3. The molecule has 1 aromatic carbocycles. The van der Waals surface area contributed by atoms with Gasteiger partial charge >= 0.3 is 5.97 Å². The summed E-state index contributed by atoms with van der Waals surface area (Å²) in [5, 5.41) is 3.79. The lowest BCUT2D eigenvalue weighted by Gasteiger charge is -2.28. The van der Waals surface area contributed by atoms with Crippen molar-refractivity contribution >= 4 is 17.6 Å². The number of allylic oxidation sites excluding steroid dienone is 1. The zero-order chi connectivity index (χ0) is 15.7. The number of esters is 1. The number of hydrogen-bond donors (Lipinski definition) is 1. The molecule has 1 N–H and O–H groups in total. The number of carbonyl (C=O) groups excluding carboxylic acids is 1. The van der Waals surface area contributed by atoms with E-state index in [4.69, 9.17) is 26.1 Å². The molecule has 0 saturated carbocycles. The molecule has 0 spiro atoms. The van der Waals surface area contributed by atoms with Gasteiger partial charge in [0, 0.05) is 22.2 Å². The zero-order valence-corrected chi connectivity index (χ0v) is 13.1. The number of nitrogens with one attached hydrogen (secondary N) is 1. The lowest BCUT2D eigenvalue weighted by atomic mass is 9.81. The van der Waals surface area contributed by atoms with Gasteiger partial charge in [-0.1, -0.05) is 23.7 Å². The Bertz CT molecular complexity index is 663. The molecule has 5 nitrogen and oxygen atoms in total. The van der Waals surface area contributed by atoms with Crippen LogP contribution < -0.4 is 5.32 Å². The average Bonchev–Trinajstić information content (AvgIpc) is 2.87. The second-order valence-electron chi connectivity index (χ2n) is 5.17. The summed E-state index contributed by atoms with van der Waals surface area (Å²) in [5.74, 6) is -0.407. The fourth-order valence-electron chi connectivity index (χ4n) is 2.84. The highest BCUT2D eigenvalue weighted by Crippen LogP contribution is 2.40. The van der Waals surface area contributed by atoms with Crippen LogP contribution in [0.25, 0.3) is 0 Å². The fraction of sp³-hybridized carbons (Fsp3) is 0.312. The van der Waals surface area contributed by atoms with Crippen molar-refractivity contribution in [2.24, 2.45) is 0 Å². The summed E-state index contributed by atoms with van der Waals surface area (Å²) in [5.41, 5.74) is 4.34. The second-order valence-corrected chi connectivity index (χ2v) is 5.60. The Balaban J connectivity index is 2.05. The number of dihydropyridines is 1. The summed E-state index contributed by atoms with van der Waals surface area (Å²) >= 11 is 5.97. The van der Waals surface area contributed by atoms with Crippen molar-refractivity contribution in [3.8, 4) is 0 Å². The van der Waals surface area contributed by atoms with E-state index in [1.54, 1.807) is 0 Å². The number of halogens is 1. The van der Waals surface area contributed by atoms with Crippen LogP contribution in [0.3, 0.4) is 0 Å². The summed E-state index contributed by atoms with van der Waals surface area (Å²) in [4.78, 5) is 21.7. The van der Waals surface area contributed by atoms with Gasteiger partial charge in [0.15, 0.2) is 0 Å². The van der Waals surface area contributed by atoms with Crippen molar-refractivity contribution in [3.05, 3.63) is 57.4 Å². The average molecular weight is 322 g/mol. The Morgan fingerprint density at radius 1 is 1.36 bits per heavy atom. The van der Waals surface area contributed by atoms with Gasteiger partial charge < -0.3 is 10.1 Å². The SMILES string of the molecule is COOCC1=C(C)NC2=C(COC2=O)C1c1ccc(Cl)cc1. The summed E-state index contributed by atoms with van der Waals surface area (Å²) in [7, 11) is 1.47. The Labute approximate surface area is 133 Å². The molecular formula is C16H16ClNO4. The molecule has 0 saturated heterocycles. The van der Waals surface area contributed by atoms with Gasteiger partial charge in [-0.15, -0.1) is 0 Å². The van der Waals surface area contributed by atoms with Crippen LogP contribution in [0.15, 0.2) is 46.8 Å². The van der Waals surface area contributed by atoms with Crippen LogP contribution in [0, 0.1) is 0 Å². The van der Waals surface area contributed by atoms with E-state index in [2.05, 4.69) is 5.32 Å². The van der Waals surface area contributed by atoms with E-state index in [-0.39, 0.29) is 18.5 Å². The lowest BCUT2D eigenvalue weighted by Crippen LogP contribution is -2.28. The minimum absolute atomic E-state index is 0.0879. The molecule has 1 atom stereocenters. The van der Waals surface area contributed by atoms with Crippen molar-refractivity contribution in [1.29, 1.82) is 0 Å². The van der Waals surface area contributed by atoms with Crippen molar-refractivity contribution in [1.82, 2.24) is 5.32 Å². The van der Waals surface area contributed by atoms with Gasteiger partial charge in [-0.25, -0.2) is 14.6 Å². The van der Waals surface area contributed by atoms with Crippen LogP contribution in [0.5, 0.6) is 0 Å². The number of cyclic esters (lactones) is 1. The maximum Gasteiger partial charge on any atom is 0.355 e. The van der Waals surface area contributed by atoms with E-state index in [0.29, 0.717) is 17.3 Å². The number of hydrogen-bond acceptors (Lipinski definition) is 5. The largest absolute Gasteiger partial charge is 0.456 e. The Morgan fingerprint density at radius 3 is 2.77 bits per heavy atom. The molecule has 1 unspecified atom stereocenters. The van der Waals surface area contributed by atoms with Crippen molar-refractivity contribution in [3.63, 3.8) is 0 Å². The maximum atomic E-state index is 11.9. The number of rotatable bonds is 4. The van der Waals surface area contributed by atoms with E-state index >= 15 is 0 Å². The van der Waals surface area contributed by atoms with Crippen LogP contribution in [0.4, 0.5) is 0 Å². The molecule has 1 aromatic rings. The van der Waals surface area contributed by atoms with E-state index in [0.717, 1.165) is 22.4 Å². The summed E-state index contributed by atoms with van der Waals surface area (Å²) < 4.78 is 5.18. The van der Waals surface area contributed by atoms with E-state index in [1.807, 2.05) is 31.2 Å². The van der Waals surface area contributed by atoms with Gasteiger partial charge in [-0.05, 0) is 30.2 Å². The van der Waals surface area contributed by atoms with Crippen molar-refractivity contribution in [2.75, 3.05) is 20.3 Å². The first-order valence-corrected chi connectivity index (χ1v) is 7.27. The van der Waals surface area contributed by atoms with Gasteiger partial charge in [-0.3, -0.25) is 0 Å². The third-order valence-corrected chi connectivity index (χ3v) is 4.16. The molecule has 3 rings (SSSR count). The van der Waals surface area contributed by atoms with E-state index < -0.39 is 0 Å². The van der Waals surface area contributed by atoms with Gasteiger partial charge in [0.25, 0.3) is 0 Å². The highest BCUT2D eigenvalue weighted by atomic mass is 35.5. The Morgan fingerprint density at radius 2 is 2.09 bits per heavy atom. The molecule has 2 heterocycles. The van der Waals surface area contributed by atoms with Crippen LogP contribution in [-0.4, -0.2) is 26.3 Å². The van der Waals surface area contributed by atoms with Crippen LogP contribution in [0.2, 0.25) is 5.02 Å². The fourth-order valence-corrected chi connectivity index (χ4v) is 2.97. The van der Waals surface area contributed by atoms with E-state index in [9.17, 15) is 4.79 Å². The Hall–Kier alpha value is -1.82. The number of ether oxygens (including phenoxy) is 1. The van der Waals surface area contributed by atoms with Crippen molar-refractivity contribution in [2.45, 2.75) is 12.8 Å². The molecule has 2 aliphatic rings. The molecule has 0 aliphatic carbocycles. The predicted molar refractivity (Wildman–Crippen MR) is 81.0 cm³/mol. The normalized spacial score (nSPS) is 20.9. The first-order valence-electron chi connectivity index (χ1n) is 6.89. The number of carbonyl (C=O) groups is 1. The topological polar surface area (TPSA) is 56.8 Å². The van der Waals surface area contributed by atoms with Gasteiger partial charge in [-0.2, -0.15) is 0 Å². The molecule has 0 bridgehead atoms. The molecular weight excluding hydrogens is 306 g/mol. The molecule has 2 aliphatic heterocycles. The van der Waals surface area contributed by atoms with E-state index in [1.165, 1.54) is 7.11 Å². The summed E-state index contributed by atoms with van der Waals surface area (Å²) in [6.45, 7) is 2.48. The molecule has 0 fully saturated rings. The first-order chi connectivity index (χ1) is 10.6. The minimum Gasteiger partial charge on any atom is -0.456 e. The highest BCUT2D eigenvalue weighted by molar-refractivity contribution is 6.30. The molecule has 0 radical (unpaired) electrons. The Kier molecular flexibility index (Phi) is 4.20. The lowest BCUT2D eigenvalue weighted by molar-refractivity contribution is -0.265. The van der Waals surface area contributed by atoms with Crippen LogP contribution in [0.1, 0.15) is 18.4 Å². The molecule has 6 heteroatoms. The molecule has 116 valence electrons. The highest BCUT2D eigenvalue weighted by Gasteiger charge is 2.37. The molecule has 0 amide bonds.